The van der Waals surface area contributed by atoms with Gasteiger partial charge in [0, 0.05) is 12.7 Å². The summed E-state index contributed by atoms with van der Waals surface area (Å²) >= 11 is 5.54. The molecule has 2 aromatic carbocycles. The van der Waals surface area contributed by atoms with Crippen molar-refractivity contribution in [1.82, 2.24) is 4.90 Å². The molecular formula is C18H16ClF3N2O3. The molecule has 0 aromatic heterocycles. The number of nitrogens with one attached hydrogen (secondary N) is 1. The fourth-order valence-corrected chi connectivity index (χ4v) is 2.56. The van der Waals surface area contributed by atoms with E-state index in [1.165, 1.54) is 20.2 Å². The molecule has 0 aliphatic rings. The Bertz CT molecular complexity index is 856. The Labute approximate surface area is 158 Å². The van der Waals surface area contributed by atoms with Crippen molar-refractivity contribution in [2.75, 3.05) is 26.0 Å². The zero-order valence-corrected chi connectivity index (χ0v) is 15.2. The predicted molar refractivity (Wildman–Crippen MR) is 95.0 cm³/mol. The van der Waals surface area contributed by atoms with Crippen LogP contribution in [0.3, 0.4) is 0 Å². The summed E-state index contributed by atoms with van der Waals surface area (Å²) in [4.78, 5) is 25.7. The Kier molecular flexibility index (Phi) is 6.32. The van der Waals surface area contributed by atoms with Gasteiger partial charge in [-0.05, 0) is 30.3 Å². The Morgan fingerprint density at radius 1 is 1.19 bits per heavy atom. The molecule has 0 heterocycles. The number of amides is 2. The van der Waals surface area contributed by atoms with E-state index in [4.69, 9.17) is 16.3 Å². The lowest BCUT2D eigenvalue weighted by molar-refractivity contribution is -0.137. The van der Waals surface area contributed by atoms with Crippen molar-refractivity contribution in [3.05, 3.63) is 58.6 Å². The van der Waals surface area contributed by atoms with E-state index in [1.807, 2.05) is 0 Å². The molecule has 0 radical (unpaired) electrons. The first-order valence-electron chi connectivity index (χ1n) is 7.68. The number of nitrogens with zero attached hydrogens (tertiary/aromatic N) is 1. The van der Waals surface area contributed by atoms with E-state index in [2.05, 4.69) is 5.32 Å². The molecule has 0 fully saturated rings. The Morgan fingerprint density at radius 2 is 1.85 bits per heavy atom. The van der Waals surface area contributed by atoms with Crippen LogP contribution < -0.4 is 10.1 Å². The van der Waals surface area contributed by atoms with E-state index in [0.29, 0.717) is 5.75 Å². The van der Waals surface area contributed by atoms with Crippen molar-refractivity contribution in [2.24, 2.45) is 0 Å². The molecular weight excluding hydrogens is 385 g/mol. The highest BCUT2D eigenvalue weighted by Gasteiger charge is 2.33. The van der Waals surface area contributed by atoms with Crippen LogP contribution in [0.5, 0.6) is 5.75 Å². The van der Waals surface area contributed by atoms with E-state index in [0.717, 1.165) is 17.0 Å². The van der Waals surface area contributed by atoms with Crippen LogP contribution in [0.4, 0.5) is 18.9 Å². The Balaban J connectivity index is 2.08. The summed E-state index contributed by atoms with van der Waals surface area (Å²) in [5.74, 6) is -0.770. The minimum atomic E-state index is -4.64. The summed E-state index contributed by atoms with van der Waals surface area (Å²) in [5, 5.41) is 1.86. The number of rotatable bonds is 5. The monoisotopic (exact) mass is 400 g/mol. The van der Waals surface area contributed by atoms with Gasteiger partial charge in [-0.1, -0.05) is 23.7 Å². The van der Waals surface area contributed by atoms with Gasteiger partial charge >= 0.3 is 6.18 Å². The van der Waals surface area contributed by atoms with Gasteiger partial charge in [-0.2, -0.15) is 13.2 Å². The van der Waals surface area contributed by atoms with Gasteiger partial charge in [0.2, 0.25) is 5.91 Å². The molecule has 144 valence electrons. The molecule has 0 aliphatic heterocycles. The minimum absolute atomic E-state index is 0.0742. The minimum Gasteiger partial charge on any atom is -0.496 e. The van der Waals surface area contributed by atoms with Crippen molar-refractivity contribution >= 4 is 29.1 Å². The van der Waals surface area contributed by atoms with Gasteiger partial charge in [-0.25, -0.2) is 0 Å². The molecule has 2 rings (SSSR count). The second-order valence-corrected chi connectivity index (χ2v) is 6.01. The average molecular weight is 401 g/mol. The molecule has 9 heteroatoms. The zero-order valence-electron chi connectivity index (χ0n) is 14.4. The third kappa shape index (κ3) is 5.13. The van der Waals surface area contributed by atoms with Crippen molar-refractivity contribution in [3.63, 3.8) is 0 Å². The first-order chi connectivity index (χ1) is 12.6. The highest BCUT2D eigenvalue weighted by molar-refractivity contribution is 6.31. The molecule has 2 aromatic rings. The topological polar surface area (TPSA) is 58.6 Å². The largest absolute Gasteiger partial charge is 0.496 e. The zero-order chi connectivity index (χ0) is 20.2. The van der Waals surface area contributed by atoms with Gasteiger partial charge < -0.3 is 15.0 Å². The van der Waals surface area contributed by atoms with Crippen LogP contribution >= 0.6 is 11.6 Å². The predicted octanol–water partition coefficient (Wildman–Crippen LogP) is 4.08. The number of hydrogen-bond donors (Lipinski definition) is 1. The number of halogens is 4. The number of anilines is 1. The maximum Gasteiger partial charge on any atom is 0.417 e. The van der Waals surface area contributed by atoms with E-state index in [1.54, 1.807) is 24.3 Å². The number of methoxy groups -OCH3 is 1. The smallest absolute Gasteiger partial charge is 0.417 e. The lowest BCUT2D eigenvalue weighted by atomic mass is 10.1. The number of benzene rings is 2. The molecule has 0 spiro atoms. The second-order valence-electron chi connectivity index (χ2n) is 5.60. The highest BCUT2D eigenvalue weighted by Crippen LogP contribution is 2.36. The maximum atomic E-state index is 12.9. The van der Waals surface area contributed by atoms with Gasteiger partial charge in [-0.15, -0.1) is 0 Å². The third-order valence-electron chi connectivity index (χ3n) is 3.62. The van der Waals surface area contributed by atoms with Crippen LogP contribution in [0.2, 0.25) is 5.02 Å². The summed E-state index contributed by atoms with van der Waals surface area (Å²) in [5.41, 5.74) is -0.864. The van der Waals surface area contributed by atoms with Gasteiger partial charge in [0.25, 0.3) is 5.91 Å². The van der Waals surface area contributed by atoms with Crippen molar-refractivity contribution in [2.45, 2.75) is 6.18 Å². The van der Waals surface area contributed by atoms with Crippen LogP contribution in [-0.4, -0.2) is 37.4 Å². The third-order valence-corrected chi connectivity index (χ3v) is 3.95. The number of carbonyl (C=O) groups excluding carboxylic acids is 2. The number of hydrogen-bond acceptors (Lipinski definition) is 3. The fourth-order valence-electron chi connectivity index (χ4n) is 2.33. The summed E-state index contributed by atoms with van der Waals surface area (Å²) in [6.07, 6.45) is -4.64. The van der Waals surface area contributed by atoms with Gasteiger partial charge in [0.1, 0.15) is 5.75 Å². The molecule has 27 heavy (non-hydrogen) atoms. The van der Waals surface area contributed by atoms with Crippen LogP contribution in [0, 0.1) is 0 Å². The number of carbonyl (C=O) groups is 2. The number of para-hydroxylation sites is 1. The molecule has 5 nitrogen and oxygen atoms in total. The van der Waals surface area contributed by atoms with Crippen LogP contribution in [0.1, 0.15) is 15.9 Å². The number of alkyl halides is 3. The fraction of sp³-hybridized carbons (Fsp3) is 0.222. The molecule has 0 aliphatic carbocycles. The molecule has 2 amide bonds. The standard InChI is InChI=1S/C18H16ClF3N2O3/c1-24(17(26)12-5-3-4-6-15(12)27-2)10-16(25)23-11-7-8-14(19)13(9-11)18(20,21)22/h3-9H,10H2,1-2H3,(H,23,25). The maximum absolute atomic E-state index is 12.9. The summed E-state index contributed by atoms with van der Waals surface area (Å²) in [7, 11) is 2.81. The van der Waals surface area contributed by atoms with E-state index >= 15 is 0 Å². The van der Waals surface area contributed by atoms with Gasteiger partial charge in [0.05, 0.1) is 29.8 Å². The first-order valence-corrected chi connectivity index (χ1v) is 8.06. The van der Waals surface area contributed by atoms with Crippen molar-refractivity contribution in [1.29, 1.82) is 0 Å². The average Bonchev–Trinajstić information content (AvgIpc) is 2.61. The van der Waals surface area contributed by atoms with Crippen molar-refractivity contribution < 1.29 is 27.5 Å². The van der Waals surface area contributed by atoms with Crippen LogP contribution in [-0.2, 0) is 11.0 Å². The molecule has 0 unspecified atom stereocenters. The van der Waals surface area contributed by atoms with E-state index in [9.17, 15) is 22.8 Å². The molecule has 0 saturated heterocycles. The quantitative estimate of drug-likeness (QED) is 0.822. The molecule has 0 saturated carbocycles. The van der Waals surface area contributed by atoms with E-state index < -0.39 is 28.6 Å². The Hall–Kier alpha value is -2.74. The lowest BCUT2D eigenvalue weighted by Crippen LogP contribution is -2.35. The van der Waals surface area contributed by atoms with Gasteiger partial charge in [0.15, 0.2) is 0 Å². The van der Waals surface area contributed by atoms with Crippen LogP contribution in [0.25, 0.3) is 0 Å². The number of likely N-dealkylation sites (N-methyl/N-ethyl adjacent to an activating group) is 1. The highest BCUT2D eigenvalue weighted by atomic mass is 35.5. The van der Waals surface area contributed by atoms with Crippen molar-refractivity contribution in [3.8, 4) is 5.75 Å². The summed E-state index contributed by atoms with van der Waals surface area (Å²) < 4.78 is 43.7. The Morgan fingerprint density at radius 3 is 2.48 bits per heavy atom. The van der Waals surface area contributed by atoms with E-state index in [-0.39, 0.29) is 17.8 Å². The van der Waals surface area contributed by atoms with Gasteiger partial charge in [-0.3, -0.25) is 9.59 Å². The summed E-state index contributed by atoms with van der Waals surface area (Å²) in [6.45, 7) is -0.360. The molecule has 1 N–H and O–H groups in total. The summed E-state index contributed by atoms with van der Waals surface area (Å²) in [6, 6.07) is 9.53. The SMILES string of the molecule is COc1ccccc1C(=O)N(C)CC(=O)Nc1ccc(Cl)c(C(F)(F)F)c1. The van der Waals surface area contributed by atoms with Crippen LogP contribution in [0.15, 0.2) is 42.5 Å². The normalized spacial score (nSPS) is 11.0. The second kappa shape index (κ2) is 8.30. The first kappa shape index (κ1) is 20.6. The molecule has 0 bridgehead atoms. The molecule has 0 atom stereocenters. The number of ether oxygens (including phenoxy) is 1. The lowest BCUT2D eigenvalue weighted by Gasteiger charge is -2.18.